The highest BCUT2D eigenvalue weighted by molar-refractivity contribution is 6.02. The Morgan fingerprint density at radius 3 is 2.59 bits per heavy atom. The molecule has 0 saturated carbocycles. The largest absolute Gasteiger partial charge is 0.416 e. The number of Topliss-reactive ketones (excluding diaryl/α,β-unsaturated/α-hetero) is 1. The first-order valence-corrected chi connectivity index (χ1v) is 8.68. The van der Waals surface area contributed by atoms with E-state index in [2.05, 4.69) is 0 Å². The van der Waals surface area contributed by atoms with Crippen LogP contribution in [0.25, 0.3) is 0 Å². The highest BCUT2D eigenvalue weighted by Gasteiger charge is 2.33. The van der Waals surface area contributed by atoms with Crippen molar-refractivity contribution in [3.05, 3.63) is 47.0 Å². The van der Waals surface area contributed by atoms with Crippen LogP contribution in [0, 0.1) is 16.7 Å². The fraction of sp³-hybridized carbons (Fsp3) is 0.450. The highest BCUT2D eigenvalue weighted by Crippen LogP contribution is 2.31. The summed E-state index contributed by atoms with van der Waals surface area (Å²) in [5.41, 5.74) is -1.56. The molecule has 0 fully saturated rings. The van der Waals surface area contributed by atoms with Gasteiger partial charge in [0.05, 0.1) is 11.1 Å². The van der Waals surface area contributed by atoms with Crippen molar-refractivity contribution in [3.63, 3.8) is 0 Å². The molecule has 1 aliphatic rings. The smallest absolute Gasteiger partial charge is 0.338 e. The third kappa shape index (κ3) is 4.97. The van der Waals surface area contributed by atoms with Crippen LogP contribution in [0.1, 0.15) is 49.0 Å². The summed E-state index contributed by atoms with van der Waals surface area (Å²) in [6, 6.07) is 6.26. The lowest BCUT2D eigenvalue weighted by Crippen LogP contribution is -2.35. The minimum atomic E-state index is -4.52. The molecule has 1 heterocycles. The van der Waals surface area contributed by atoms with Crippen LogP contribution in [0.4, 0.5) is 13.2 Å². The lowest BCUT2D eigenvalue weighted by Gasteiger charge is -2.28. The minimum Gasteiger partial charge on any atom is -0.338 e. The summed E-state index contributed by atoms with van der Waals surface area (Å²) in [4.78, 5) is 26.6. The predicted molar refractivity (Wildman–Crippen MR) is 93.7 cm³/mol. The van der Waals surface area contributed by atoms with Gasteiger partial charge in [0.25, 0.3) is 5.91 Å². The summed E-state index contributed by atoms with van der Waals surface area (Å²) in [5.74, 6) is -0.708. The van der Waals surface area contributed by atoms with Crippen molar-refractivity contribution in [3.8, 4) is 6.07 Å². The second kappa shape index (κ2) is 7.95. The van der Waals surface area contributed by atoms with E-state index in [1.807, 2.05) is 6.07 Å². The summed E-state index contributed by atoms with van der Waals surface area (Å²) in [6.45, 7) is 4.07. The number of carbonyl (C=O) groups is 2. The van der Waals surface area contributed by atoms with Crippen LogP contribution in [0.3, 0.4) is 0 Å². The first-order valence-electron chi connectivity index (χ1n) is 8.68. The number of nitrogens with zero attached hydrogens (tertiary/aromatic N) is 2. The summed E-state index contributed by atoms with van der Waals surface area (Å²) in [7, 11) is 0. The molecule has 0 aromatic heterocycles. The molecule has 1 amide bonds. The summed E-state index contributed by atoms with van der Waals surface area (Å²) < 4.78 is 38.7. The average Bonchev–Trinajstić information content (AvgIpc) is 2.61. The summed E-state index contributed by atoms with van der Waals surface area (Å²) in [5, 5.41) is 9.21. The number of nitriles is 1. The van der Waals surface area contributed by atoms with Crippen LogP contribution >= 0.6 is 0 Å². The topological polar surface area (TPSA) is 61.2 Å². The number of amides is 1. The van der Waals surface area contributed by atoms with Crippen LogP contribution in [0.5, 0.6) is 0 Å². The van der Waals surface area contributed by atoms with Gasteiger partial charge in [0, 0.05) is 24.1 Å². The summed E-state index contributed by atoms with van der Waals surface area (Å²) >= 11 is 0. The Morgan fingerprint density at radius 1 is 1.26 bits per heavy atom. The molecule has 4 nitrogen and oxygen atoms in total. The van der Waals surface area contributed by atoms with Crippen LogP contribution < -0.4 is 0 Å². The van der Waals surface area contributed by atoms with Crippen molar-refractivity contribution < 1.29 is 22.8 Å². The molecule has 27 heavy (non-hydrogen) atoms. The van der Waals surface area contributed by atoms with Crippen molar-refractivity contribution in [1.29, 1.82) is 5.26 Å². The van der Waals surface area contributed by atoms with Crippen molar-refractivity contribution >= 4 is 11.7 Å². The van der Waals surface area contributed by atoms with E-state index in [1.54, 1.807) is 13.8 Å². The molecule has 0 saturated heterocycles. The zero-order chi connectivity index (χ0) is 20.2. The van der Waals surface area contributed by atoms with E-state index in [-0.39, 0.29) is 29.9 Å². The third-order valence-corrected chi connectivity index (χ3v) is 4.68. The van der Waals surface area contributed by atoms with Gasteiger partial charge in [-0.1, -0.05) is 26.0 Å². The van der Waals surface area contributed by atoms with E-state index in [9.17, 15) is 28.0 Å². The molecule has 2 rings (SSSR count). The SMILES string of the molecule is CC1(C)CCCN(C(=O)c2cccc(C(F)(F)F)c2)CC/C=C(/C#N)C1=O. The Morgan fingerprint density at radius 2 is 1.96 bits per heavy atom. The number of ketones is 1. The van der Waals surface area contributed by atoms with Crippen LogP contribution in [0.15, 0.2) is 35.9 Å². The molecule has 1 aromatic carbocycles. The standard InChI is InChI=1S/C20H21F3N2O2/c1-19(2)9-5-11-25(10-4-7-15(13-24)17(19)26)18(27)14-6-3-8-16(12-14)20(21,22)23/h3,6-8,12H,4-5,9-11H2,1-2H3/b15-7-. The quantitative estimate of drug-likeness (QED) is 0.729. The lowest BCUT2D eigenvalue weighted by molar-refractivity contribution is -0.137. The zero-order valence-electron chi connectivity index (χ0n) is 15.3. The maximum Gasteiger partial charge on any atom is 0.416 e. The molecule has 0 bridgehead atoms. The number of halogens is 3. The van der Waals surface area contributed by atoms with E-state index in [0.717, 1.165) is 12.1 Å². The molecule has 0 spiro atoms. The maximum atomic E-state index is 12.9. The molecule has 7 heteroatoms. The molecule has 0 unspecified atom stereocenters. The Labute approximate surface area is 156 Å². The van der Waals surface area contributed by atoms with Crippen molar-refractivity contribution in [2.24, 2.45) is 5.41 Å². The lowest BCUT2D eigenvalue weighted by atomic mass is 9.79. The van der Waals surface area contributed by atoms with Crippen LogP contribution in [-0.4, -0.2) is 29.7 Å². The molecule has 1 aliphatic heterocycles. The van der Waals surface area contributed by atoms with Crippen LogP contribution in [-0.2, 0) is 11.0 Å². The number of carbonyl (C=O) groups excluding carboxylic acids is 2. The second-order valence-corrected chi connectivity index (χ2v) is 7.21. The Bertz CT molecular complexity index is 804. The number of rotatable bonds is 1. The van der Waals surface area contributed by atoms with Crippen molar-refractivity contribution in [2.45, 2.75) is 39.3 Å². The van der Waals surface area contributed by atoms with Gasteiger partial charge in [-0.2, -0.15) is 18.4 Å². The van der Waals surface area contributed by atoms with Gasteiger partial charge in [-0.25, -0.2) is 0 Å². The average molecular weight is 378 g/mol. The molecule has 1 aromatic rings. The summed E-state index contributed by atoms with van der Waals surface area (Å²) in [6.07, 6.45) is -1.74. The number of allylic oxidation sites excluding steroid dienone is 1. The van der Waals surface area contributed by atoms with Gasteiger partial charge >= 0.3 is 6.18 Å². The van der Waals surface area contributed by atoms with Gasteiger partial charge in [-0.05, 0) is 37.5 Å². The van der Waals surface area contributed by atoms with Gasteiger partial charge in [0.1, 0.15) is 6.07 Å². The number of hydrogen-bond acceptors (Lipinski definition) is 3. The Hall–Kier alpha value is -2.62. The van der Waals surface area contributed by atoms with E-state index in [4.69, 9.17) is 0 Å². The Balaban J connectivity index is 2.26. The van der Waals surface area contributed by atoms with Crippen LogP contribution in [0.2, 0.25) is 0 Å². The van der Waals surface area contributed by atoms with Gasteiger partial charge in [-0.3, -0.25) is 9.59 Å². The van der Waals surface area contributed by atoms with Crippen molar-refractivity contribution in [2.75, 3.05) is 13.1 Å². The van der Waals surface area contributed by atoms with E-state index in [0.29, 0.717) is 19.4 Å². The Kier molecular flexibility index (Phi) is 6.09. The number of hydrogen-bond donors (Lipinski definition) is 0. The normalized spacial score (nSPS) is 20.4. The molecular formula is C20H21F3N2O2. The van der Waals surface area contributed by atoms with E-state index in [1.165, 1.54) is 23.1 Å². The number of benzene rings is 1. The second-order valence-electron chi connectivity index (χ2n) is 7.21. The molecule has 0 aliphatic carbocycles. The van der Waals surface area contributed by atoms with E-state index < -0.39 is 23.1 Å². The van der Waals surface area contributed by atoms with Gasteiger partial charge in [0.15, 0.2) is 5.78 Å². The molecule has 0 radical (unpaired) electrons. The minimum absolute atomic E-state index is 0.0262. The monoisotopic (exact) mass is 378 g/mol. The van der Waals surface area contributed by atoms with Gasteiger partial charge in [0.2, 0.25) is 0 Å². The van der Waals surface area contributed by atoms with Gasteiger partial charge < -0.3 is 4.90 Å². The molecule has 0 atom stereocenters. The van der Waals surface area contributed by atoms with E-state index >= 15 is 0 Å². The van der Waals surface area contributed by atoms with Gasteiger partial charge in [-0.15, -0.1) is 0 Å². The zero-order valence-corrected chi connectivity index (χ0v) is 15.3. The highest BCUT2D eigenvalue weighted by atomic mass is 19.4. The maximum absolute atomic E-state index is 12.9. The predicted octanol–water partition coefficient (Wildman–Crippen LogP) is 4.38. The molecule has 144 valence electrons. The number of alkyl halides is 3. The molecule has 0 N–H and O–H groups in total. The third-order valence-electron chi connectivity index (χ3n) is 4.68. The fourth-order valence-corrected chi connectivity index (χ4v) is 3.07. The first-order chi connectivity index (χ1) is 12.6. The molecular weight excluding hydrogens is 357 g/mol. The van der Waals surface area contributed by atoms with Crippen molar-refractivity contribution in [1.82, 2.24) is 4.90 Å². The first kappa shape index (κ1) is 20.7. The fourth-order valence-electron chi connectivity index (χ4n) is 3.07.